The second-order valence-corrected chi connectivity index (χ2v) is 4.96. The van der Waals surface area contributed by atoms with E-state index in [1.807, 2.05) is 0 Å². The largest absolute Gasteiger partial charge is 0.491 e. The smallest absolute Gasteiger partial charge is 0.303 e. The molecule has 0 unspecified atom stereocenters. The molecule has 0 radical (unpaired) electrons. The van der Waals surface area contributed by atoms with Crippen molar-refractivity contribution in [2.24, 2.45) is 0 Å². The monoisotopic (exact) mass is 335 g/mol. The van der Waals surface area contributed by atoms with E-state index >= 15 is 0 Å². The molecule has 0 aliphatic rings. The maximum absolute atomic E-state index is 10.3. The van der Waals surface area contributed by atoms with E-state index in [0.717, 1.165) is 10.2 Å². The summed E-state index contributed by atoms with van der Waals surface area (Å²) >= 11 is 9.18. The van der Waals surface area contributed by atoms with Gasteiger partial charge in [-0.25, -0.2) is 0 Å². The van der Waals surface area contributed by atoms with Gasteiger partial charge in [0, 0.05) is 18.0 Å². The summed E-state index contributed by atoms with van der Waals surface area (Å²) < 4.78 is 6.36. The Bertz CT molecular complexity index is 401. The Morgan fingerprint density at radius 1 is 1.44 bits per heavy atom. The van der Waals surface area contributed by atoms with Gasteiger partial charge in [-0.15, -0.1) is 0 Å². The van der Waals surface area contributed by atoms with Crippen molar-refractivity contribution in [2.45, 2.75) is 12.8 Å². The molecule has 0 heterocycles. The number of nitrogens with one attached hydrogen (secondary N) is 1. The van der Waals surface area contributed by atoms with Crippen LogP contribution in [0.5, 0.6) is 5.75 Å². The molecular formula is C12H15BrClNO3. The average Bonchev–Trinajstić information content (AvgIpc) is 2.30. The number of hydrogen-bond acceptors (Lipinski definition) is 3. The number of carbonyl (C=O) groups is 1. The van der Waals surface area contributed by atoms with Gasteiger partial charge in [0.05, 0.1) is 4.47 Å². The van der Waals surface area contributed by atoms with Crippen LogP contribution < -0.4 is 10.1 Å². The zero-order chi connectivity index (χ0) is 13.4. The second-order valence-electron chi connectivity index (χ2n) is 3.67. The lowest BCUT2D eigenvalue weighted by molar-refractivity contribution is -0.137. The first kappa shape index (κ1) is 15.3. The number of hydrogen-bond donors (Lipinski definition) is 2. The molecule has 0 bridgehead atoms. The third-order valence-electron chi connectivity index (χ3n) is 2.17. The highest BCUT2D eigenvalue weighted by Gasteiger charge is 2.01. The van der Waals surface area contributed by atoms with Gasteiger partial charge in [0.25, 0.3) is 0 Å². The van der Waals surface area contributed by atoms with Gasteiger partial charge in [0.15, 0.2) is 0 Å². The zero-order valence-corrected chi connectivity index (χ0v) is 12.1. The fourth-order valence-corrected chi connectivity index (χ4v) is 2.11. The van der Waals surface area contributed by atoms with Gasteiger partial charge in [-0.2, -0.15) is 0 Å². The van der Waals surface area contributed by atoms with E-state index < -0.39 is 5.97 Å². The Morgan fingerprint density at radius 3 is 2.89 bits per heavy atom. The van der Waals surface area contributed by atoms with Gasteiger partial charge < -0.3 is 15.2 Å². The number of benzene rings is 1. The molecule has 0 fully saturated rings. The number of carboxylic acid groups (broad SMARTS) is 1. The van der Waals surface area contributed by atoms with E-state index in [-0.39, 0.29) is 6.42 Å². The molecule has 0 saturated heterocycles. The molecule has 0 aliphatic heterocycles. The molecule has 1 aromatic carbocycles. The first-order valence-electron chi connectivity index (χ1n) is 5.60. The Kier molecular flexibility index (Phi) is 7.08. The Morgan fingerprint density at radius 2 is 2.22 bits per heavy atom. The highest BCUT2D eigenvalue weighted by molar-refractivity contribution is 9.10. The van der Waals surface area contributed by atoms with Gasteiger partial charge in [0.1, 0.15) is 12.4 Å². The van der Waals surface area contributed by atoms with Gasteiger partial charge in [-0.05, 0) is 47.1 Å². The second kappa shape index (κ2) is 8.34. The SMILES string of the molecule is O=C(O)CCCNCCOc1ccc(Cl)cc1Br. The lowest BCUT2D eigenvalue weighted by atomic mass is 10.3. The lowest BCUT2D eigenvalue weighted by Crippen LogP contribution is -2.22. The van der Waals surface area contributed by atoms with E-state index in [4.69, 9.17) is 21.4 Å². The molecule has 0 aromatic heterocycles. The Balaban J connectivity index is 2.12. The summed E-state index contributed by atoms with van der Waals surface area (Å²) in [5, 5.41) is 12.2. The summed E-state index contributed by atoms with van der Waals surface area (Å²) in [7, 11) is 0. The normalized spacial score (nSPS) is 10.3. The van der Waals surface area contributed by atoms with Crippen molar-refractivity contribution in [1.29, 1.82) is 0 Å². The number of carboxylic acids is 1. The van der Waals surface area contributed by atoms with Gasteiger partial charge >= 0.3 is 5.97 Å². The molecular weight excluding hydrogens is 321 g/mol. The Hall–Kier alpha value is -0.780. The number of halogens is 2. The summed E-state index contributed by atoms with van der Waals surface area (Å²) in [5.41, 5.74) is 0. The van der Waals surface area contributed by atoms with Crippen LogP contribution in [0.15, 0.2) is 22.7 Å². The summed E-state index contributed by atoms with van der Waals surface area (Å²) in [5.74, 6) is -0.0233. The molecule has 0 atom stereocenters. The molecule has 0 amide bonds. The van der Waals surface area contributed by atoms with Gasteiger partial charge in [-0.3, -0.25) is 4.79 Å². The highest BCUT2D eigenvalue weighted by Crippen LogP contribution is 2.27. The maximum Gasteiger partial charge on any atom is 0.303 e. The third kappa shape index (κ3) is 6.23. The minimum atomic E-state index is -0.766. The molecule has 1 rings (SSSR count). The highest BCUT2D eigenvalue weighted by atomic mass is 79.9. The van der Waals surface area contributed by atoms with Crippen molar-refractivity contribution in [2.75, 3.05) is 19.7 Å². The fraction of sp³-hybridized carbons (Fsp3) is 0.417. The predicted molar refractivity (Wildman–Crippen MR) is 74.4 cm³/mol. The minimum Gasteiger partial charge on any atom is -0.491 e. The predicted octanol–water partition coefficient (Wildman–Crippen LogP) is 2.94. The van der Waals surface area contributed by atoms with Crippen LogP contribution in [0.2, 0.25) is 5.02 Å². The lowest BCUT2D eigenvalue weighted by Gasteiger charge is -2.09. The van der Waals surface area contributed by atoms with Crippen molar-refractivity contribution in [3.63, 3.8) is 0 Å². The summed E-state index contributed by atoms with van der Waals surface area (Å²) in [6.45, 7) is 1.87. The molecule has 1 aromatic rings. The number of aliphatic carboxylic acids is 1. The van der Waals surface area contributed by atoms with Crippen LogP contribution in [-0.4, -0.2) is 30.8 Å². The standard InChI is InChI=1S/C12H15BrClNO3/c13-10-8-9(14)3-4-11(10)18-7-6-15-5-1-2-12(16)17/h3-4,8,15H,1-2,5-7H2,(H,16,17). The molecule has 18 heavy (non-hydrogen) atoms. The zero-order valence-electron chi connectivity index (χ0n) is 9.79. The van der Waals surface area contributed by atoms with Crippen LogP contribution in [0.3, 0.4) is 0 Å². The molecule has 0 aliphatic carbocycles. The number of ether oxygens (including phenoxy) is 1. The van der Waals surface area contributed by atoms with Crippen LogP contribution in [0, 0.1) is 0 Å². The van der Waals surface area contributed by atoms with Crippen LogP contribution in [-0.2, 0) is 4.79 Å². The van der Waals surface area contributed by atoms with Crippen molar-refractivity contribution in [3.8, 4) is 5.75 Å². The van der Waals surface area contributed by atoms with Crippen LogP contribution >= 0.6 is 27.5 Å². The van der Waals surface area contributed by atoms with E-state index in [1.54, 1.807) is 18.2 Å². The van der Waals surface area contributed by atoms with Crippen molar-refractivity contribution in [3.05, 3.63) is 27.7 Å². The summed E-state index contributed by atoms with van der Waals surface area (Å²) in [4.78, 5) is 10.3. The van der Waals surface area contributed by atoms with Gasteiger partial charge in [0.2, 0.25) is 0 Å². The summed E-state index contributed by atoms with van der Waals surface area (Å²) in [6, 6.07) is 5.34. The maximum atomic E-state index is 10.3. The average molecular weight is 337 g/mol. The molecule has 6 heteroatoms. The van der Waals surface area contributed by atoms with Crippen molar-refractivity contribution in [1.82, 2.24) is 5.32 Å². The molecule has 100 valence electrons. The van der Waals surface area contributed by atoms with Crippen LogP contribution in [0.25, 0.3) is 0 Å². The van der Waals surface area contributed by atoms with Crippen molar-refractivity contribution >= 4 is 33.5 Å². The van der Waals surface area contributed by atoms with E-state index in [0.29, 0.717) is 31.1 Å². The first-order valence-corrected chi connectivity index (χ1v) is 6.77. The molecule has 0 saturated carbocycles. The number of rotatable bonds is 8. The Labute approximate surface area is 119 Å². The quantitative estimate of drug-likeness (QED) is 0.717. The first-order chi connectivity index (χ1) is 8.59. The van der Waals surface area contributed by atoms with Crippen molar-refractivity contribution < 1.29 is 14.6 Å². The topological polar surface area (TPSA) is 58.6 Å². The van der Waals surface area contributed by atoms with Crippen LogP contribution in [0.4, 0.5) is 0 Å². The van der Waals surface area contributed by atoms with E-state index in [1.165, 1.54) is 0 Å². The minimum absolute atomic E-state index is 0.191. The third-order valence-corrected chi connectivity index (χ3v) is 3.03. The summed E-state index contributed by atoms with van der Waals surface area (Å²) in [6.07, 6.45) is 0.816. The molecule has 4 nitrogen and oxygen atoms in total. The van der Waals surface area contributed by atoms with Gasteiger partial charge in [-0.1, -0.05) is 11.6 Å². The van der Waals surface area contributed by atoms with Crippen LogP contribution in [0.1, 0.15) is 12.8 Å². The molecule has 0 spiro atoms. The van der Waals surface area contributed by atoms with E-state index in [2.05, 4.69) is 21.2 Å². The fourth-order valence-electron chi connectivity index (χ4n) is 1.32. The van der Waals surface area contributed by atoms with E-state index in [9.17, 15) is 4.79 Å². The molecule has 2 N–H and O–H groups in total.